The Balaban J connectivity index is 1.71. The highest BCUT2D eigenvalue weighted by molar-refractivity contribution is 5.75. The van der Waals surface area contributed by atoms with E-state index in [9.17, 15) is 9.90 Å². The zero-order chi connectivity index (χ0) is 16.8. The Labute approximate surface area is 142 Å². The lowest BCUT2D eigenvalue weighted by Crippen LogP contribution is -2.46. The van der Waals surface area contributed by atoms with Crippen molar-refractivity contribution in [1.29, 1.82) is 0 Å². The van der Waals surface area contributed by atoms with Crippen molar-refractivity contribution >= 4 is 6.03 Å². The number of amides is 2. The fraction of sp³-hybridized carbons (Fsp3) is 0.350. The second kappa shape index (κ2) is 7.97. The lowest BCUT2D eigenvalue weighted by Gasteiger charge is -2.28. The summed E-state index contributed by atoms with van der Waals surface area (Å²) in [4.78, 5) is 12.5. The van der Waals surface area contributed by atoms with Gasteiger partial charge in [0.05, 0.1) is 12.1 Å². The summed E-state index contributed by atoms with van der Waals surface area (Å²) in [6.07, 6.45) is 3.03. The van der Waals surface area contributed by atoms with Gasteiger partial charge in [-0.25, -0.2) is 4.79 Å². The average molecular weight is 324 g/mol. The van der Waals surface area contributed by atoms with Crippen LogP contribution < -0.4 is 10.6 Å². The molecule has 0 aromatic heterocycles. The molecule has 2 amide bonds. The second-order valence-corrected chi connectivity index (χ2v) is 6.39. The van der Waals surface area contributed by atoms with Crippen LogP contribution in [0.15, 0.2) is 60.7 Å². The number of aliphatic hydroxyl groups is 1. The standard InChI is InChI=1S/C20H24N2O2/c23-18-13-7-12-17(14-18)21-20(24)22-19(15-8-3-1-4-9-15)16-10-5-2-6-11-16/h1-6,8-11,17-19,23H,7,12-14H2,(H2,21,22,24). The first-order chi connectivity index (χ1) is 11.7. The van der Waals surface area contributed by atoms with E-state index in [4.69, 9.17) is 0 Å². The summed E-state index contributed by atoms with van der Waals surface area (Å²) in [5.41, 5.74) is 2.09. The zero-order valence-corrected chi connectivity index (χ0v) is 13.7. The van der Waals surface area contributed by atoms with Crippen LogP contribution in [0.2, 0.25) is 0 Å². The minimum Gasteiger partial charge on any atom is -0.393 e. The van der Waals surface area contributed by atoms with E-state index >= 15 is 0 Å². The van der Waals surface area contributed by atoms with E-state index in [-0.39, 0.29) is 24.2 Å². The van der Waals surface area contributed by atoms with Gasteiger partial charge in [-0.15, -0.1) is 0 Å². The van der Waals surface area contributed by atoms with Gasteiger partial charge < -0.3 is 15.7 Å². The summed E-state index contributed by atoms with van der Waals surface area (Å²) in [6.45, 7) is 0. The van der Waals surface area contributed by atoms with Crippen LogP contribution >= 0.6 is 0 Å². The first-order valence-corrected chi connectivity index (χ1v) is 8.57. The molecular formula is C20H24N2O2. The van der Waals surface area contributed by atoms with Crippen LogP contribution in [-0.4, -0.2) is 23.3 Å². The molecule has 0 bridgehead atoms. The van der Waals surface area contributed by atoms with Crippen LogP contribution in [-0.2, 0) is 0 Å². The molecule has 3 N–H and O–H groups in total. The van der Waals surface area contributed by atoms with E-state index in [1.807, 2.05) is 60.7 Å². The Bertz CT molecular complexity index is 606. The second-order valence-electron chi connectivity index (χ2n) is 6.39. The molecule has 2 atom stereocenters. The van der Waals surface area contributed by atoms with Crippen molar-refractivity contribution in [3.8, 4) is 0 Å². The molecule has 1 fully saturated rings. The monoisotopic (exact) mass is 324 g/mol. The number of carbonyl (C=O) groups is 1. The largest absolute Gasteiger partial charge is 0.393 e. The van der Waals surface area contributed by atoms with Crippen molar-refractivity contribution in [2.75, 3.05) is 0 Å². The third-order valence-electron chi connectivity index (χ3n) is 4.52. The molecule has 2 unspecified atom stereocenters. The van der Waals surface area contributed by atoms with Crippen molar-refractivity contribution in [2.45, 2.75) is 43.9 Å². The highest BCUT2D eigenvalue weighted by Crippen LogP contribution is 2.22. The highest BCUT2D eigenvalue weighted by atomic mass is 16.3. The molecule has 0 heterocycles. The maximum atomic E-state index is 12.5. The first-order valence-electron chi connectivity index (χ1n) is 8.57. The van der Waals surface area contributed by atoms with Crippen molar-refractivity contribution in [1.82, 2.24) is 10.6 Å². The van der Waals surface area contributed by atoms with Crippen molar-refractivity contribution in [2.24, 2.45) is 0 Å². The number of hydrogen-bond donors (Lipinski definition) is 3. The molecule has 4 heteroatoms. The molecule has 0 aliphatic heterocycles. The molecular weight excluding hydrogens is 300 g/mol. The predicted octanol–water partition coefficient (Wildman–Crippen LogP) is 3.38. The van der Waals surface area contributed by atoms with Crippen LogP contribution in [0.3, 0.4) is 0 Å². The minimum absolute atomic E-state index is 0.0425. The Morgan fingerprint density at radius 1 is 0.958 bits per heavy atom. The predicted molar refractivity (Wildman–Crippen MR) is 94.7 cm³/mol. The molecule has 4 nitrogen and oxygen atoms in total. The van der Waals surface area contributed by atoms with Crippen LogP contribution in [0, 0.1) is 0 Å². The van der Waals surface area contributed by atoms with Gasteiger partial charge in [0.1, 0.15) is 0 Å². The average Bonchev–Trinajstić information content (AvgIpc) is 2.61. The molecule has 2 aromatic carbocycles. The van der Waals surface area contributed by atoms with Gasteiger partial charge in [0, 0.05) is 6.04 Å². The van der Waals surface area contributed by atoms with E-state index < -0.39 is 0 Å². The number of aliphatic hydroxyl groups excluding tert-OH is 1. The molecule has 3 rings (SSSR count). The summed E-state index contributed by atoms with van der Waals surface area (Å²) >= 11 is 0. The number of rotatable bonds is 4. The molecule has 1 aliphatic rings. The number of hydrogen-bond acceptors (Lipinski definition) is 2. The lowest BCUT2D eigenvalue weighted by atomic mass is 9.93. The normalized spacial score (nSPS) is 20.6. The Morgan fingerprint density at radius 3 is 2.08 bits per heavy atom. The highest BCUT2D eigenvalue weighted by Gasteiger charge is 2.23. The van der Waals surface area contributed by atoms with Gasteiger partial charge in [-0.1, -0.05) is 60.7 Å². The first kappa shape index (κ1) is 16.5. The van der Waals surface area contributed by atoms with Crippen molar-refractivity contribution in [3.63, 3.8) is 0 Å². The third-order valence-corrected chi connectivity index (χ3v) is 4.52. The Hall–Kier alpha value is -2.33. The van der Waals surface area contributed by atoms with Gasteiger partial charge in [0.25, 0.3) is 0 Å². The SMILES string of the molecule is O=C(NC1CCCC(O)C1)NC(c1ccccc1)c1ccccc1. The summed E-state index contributed by atoms with van der Waals surface area (Å²) < 4.78 is 0. The zero-order valence-electron chi connectivity index (χ0n) is 13.7. The Morgan fingerprint density at radius 2 is 1.54 bits per heavy atom. The molecule has 0 radical (unpaired) electrons. The van der Waals surface area contributed by atoms with Crippen LogP contribution in [0.1, 0.15) is 42.9 Å². The maximum Gasteiger partial charge on any atom is 0.315 e. The fourth-order valence-electron chi connectivity index (χ4n) is 3.30. The van der Waals surface area contributed by atoms with Gasteiger partial charge in [0.2, 0.25) is 0 Å². The summed E-state index contributed by atoms with van der Waals surface area (Å²) in [5, 5.41) is 15.8. The number of urea groups is 1. The number of benzene rings is 2. The smallest absolute Gasteiger partial charge is 0.315 e. The number of carbonyl (C=O) groups excluding carboxylic acids is 1. The maximum absolute atomic E-state index is 12.5. The van der Waals surface area contributed by atoms with E-state index in [2.05, 4.69) is 10.6 Å². The van der Waals surface area contributed by atoms with Gasteiger partial charge in [-0.3, -0.25) is 0 Å². The molecule has 0 saturated heterocycles. The van der Waals surface area contributed by atoms with Crippen LogP contribution in [0.5, 0.6) is 0 Å². The van der Waals surface area contributed by atoms with E-state index in [1.165, 1.54) is 0 Å². The quantitative estimate of drug-likeness (QED) is 0.807. The minimum atomic E-state index is -0.303. The van der Waals surface area contributed by atoms with Gasteiger partial charge in [-0.05, 0) is 36.8 Å². The molecule has 126 valence electrons. The van der Waals surface area contributed by atoms with Crippen LogP contribution in [0.25, 0.3) is 0 Å². The van der Waals surface area contributed by atoms with E-state index in [0.717, 1.165) is 30.4 Å². The summed E-state index contributed by atoms with van der Waals surface area (Å²) in [6, 6.07) is 19.6. The van der Waals surface area contributed by atoms with E-state index in [1.54, 1.807) is 0 Å². The summed E-state index contributed by atoms with van der Waals surface area (Å²) in [5.74, 6) is 0. The fourth-order valence-corrected chi connectivity index (χ4v) is 3.30. The van der Waals surface area contributed by atoms with Gasteiger partial charge in [0.15, 0.2) is 0 Å². The molecule has 24 heavy (non-hydrogen) atoms. The molecule has 1 saturated carbocycles. The topological polar surface area (TPSA) is 61.4 Å². The van der Waals surface area contributed by atoms with Gasteiger partial charge >= 0.3 is 6.03 Å². The van der Waals surface area contributed by atoms with Crippen LogP contribution in [0.4, 0.5) is 4.79 Å². The lowest BCUT2D eigenvalue weighted by molar-refractivity contribution is 0.113. The van der Waals surface area contributed by atoms with Crippen molar-refractivity contribution in [3.05, 3.63) is 71.8 Å². The molecule has 1 aliphatic carbocycles. The third kappa shape index (κ3) is 4.36. The van der Waals surface area contributed by atoms with Crippen molar-refractivity contribution < 1.29 is 9.90 Å². The van der Waals surface area contributed by atoms with Gasteiger partial charge in [-0.2, -0.15) is 0 Å². The Kier molecular flexibility index (Phi) is 5.49. The molecule has 0 spiro atoms. The molecule has 2 aromatic rings. The summed E-state index contributed by atoms with van der Waals surface area (Å²) in [7, 11) is 0. The van der Waals surface area contributed by atoms with E-state index in [0.29, 0.717) is 6.42 Å². The number of nitrogens with one attached hydrogen (secondary N) is 2.